The highest BCUT2D eigenvalue weighted by Gasteiger charge is 2.22. The zero-order valence-electron chi connectivity index (χ0n) is 13.3. The second-order valence-electron chi connectivity index (χ2n) is 5.43. The summed E-state index contributed by atoms with van der Waals surface area (Å²) in [4.78, 5) is 0. The maximum Gasteiger partial charge on any atom is 0.0949 e. The maximum atomic E-state index is 8.69. The summed E-state index contributed by atoms with van der Waals surface area (Å²) in [5.41, 5.74) is 3.48. The van der Waals surface area contributed by atoms with Gasteiger partial charge in [0.25, 0.3) is 0 Å². The Morgan fingerprint density at radius 1 is 1.19 bits per heavy atom. The lowest BCUT2D eigenvalue weighted by Crippen LogP contribution is -1.79. The molecule has 0 heterocycles. The number of hydrogen-bond acceptors (Lipinski definition) is 1. The molecule has 1 saturated carbocycles. The van der Waals surface area contributed by atoms with Crippen LogP contribution in [-0.4, -0.2) is 0 Å². The van der Waals surface area contributed by atoms with Gasteiger partial charge in [-0.15, -0.1) is 0 Å². The van der Waals surface area contributed by atoms with Crippen molar-refractivity contribution >= 4 is 0 Å². The molecule has 0 spiro atoms. The summed E-state index contributed by atoms with van der Waals surface area (Å²) in [6.07, 6.45) is 11.4. The predicted octanol–water partition coefficient (Wildman–Crippen LogP) is 5.93. The van der Waals surface area contributed by atoms with Crippen molar-refractivity contribution in [3.05, 3.63) is 71.3 Å². The smallest absolute Gasteiger partial charge is 0.0949 e. The Kier molecular flexibility index (Phi) is 7.90. The minimum Gasteiger partial charge on any atom is -0.193 e. The van der Waals surface area contributed by atoms with Gasteiger partial charge >= 0.3 is 0 Å². The summed E-state index contributed by atoms with van der Waals surface area (Å²) in [6.45, 7) is 5.89. The number of allylic oxidation sites excluding steroid dienone is 6. The van der Waals surface area contributed by atoms with E-state index < -0.39 is 0 Å². The van der Waals surface area contributed by atoms with Gasteiger partial charge in [0.15, 0.2) is 0 Å². The van der Waals surface area contributed by atoms with Crippen molar-refractivity contribution in [3.8, 4) is 6.07 Å². The summed E-state index contributed by atoms with van der Waals surface area (Å²) in [7, 11) is 0. The van der Waals surface area contributed by atoms with Gasteiger partial charge in [-0.2, -0.15) is 5.26 Å². The fourth-order valence-corrected chi connectivity index (χ4v) is 1.88. The molecule has 0 unspecified atom stereocenters. The second kappa shape index (κ2) is 9.77. The van der Waals surface area contributed by atoms with Crippen LogP contribution in [0.25, 0.3) is 0 Å². The highest BCUT2D eigenvalue weighted by molar-refractivity contribution is 5.28. The van der Waals surface area contributed by atoms with Crippen molar-refractivity contribution < 1.29 is 0 Å². The summed E-state index contributed by atoms with van der Waals surface area (Å²) in [5.74, 6) is 0.909. The molecule has 0 aromatic heterocycles. The van der Waals surface area contributed by atoms with Crippen molar-refractivity contribution in [1.82, 2.24) is 0 Å². The van der Waals surface area contributed by atoms with E-state index in [1.807, 2.05) is 45.1 Å². The molecular formula is C20H25N. The molecule has 0 amide bonds. The average Bonchev–Trinajstić information content (AvgIpc) is 3.33. The third-order valence-corrected chi connectivity index (χ3v) is 3.35. The second-order valence-corrected chi connectivity index (χ2v) is 5.43. The van der Waals surface area contributed by atoms with Crippen molar-refractivity contribution in [3.63, 3.8) is 0 Å². The number of nitrogens with zero attached hydrogens (tertiary/aromatic N) is 1. The highest BCUT2D eigenvalue weighted by atomic mass is 14.3. The third kappa shape index (κ3) is 7.32. The van der Waals surface area contributed by atoms with Crippen LogP contribution in [0.1, 0.15) is 51.5 Å². The lowest BCUT2D eigenvalue weighted by atomic mass is 10.1. The van der Waals surface area contributed by atoms with E-state index in [1.54, 1.807) is 0 Å². The van der Waals surface area contributed by atoms with E-state index in [2.05, 4.69) is 36.4 Å². The van der Waals surface area contributed by atoms with Crippen LogP contribution in [0.3, 0.4) is 0 Å². The van der Waals surface area contributed by atoms with Gasteiger partial charge in [0.05, 0.1) is 6.07 Å². The Morgan fingerprint density at radius 3 is 2.33 bits per heavy atom. The lowest BCUT2D eigenvalue weighted by molar-refractivity contribution is 1.13. The van der Waals surface area contributed by atoms with Gasteiger partial charge in [-0.05, 0) is 45.1 Å². The molecule has 1 fully saturated rings. The summed E-state index contributed by atoms with van der Waals surface area (Å²) >= 11 is 0. The Bertz CT molecular complexity index is 533. The molecule has 1 aromatic carbocycles. The zero-order chi connectivity index (χ0) is 15.5. The summed E-state index contributed by atoms with van der Waals surface area (Å²) in [5, 5.41) is 8.69. The third-order valence-electron chi connectivity index (χ3n) is 3.35. The van der Waals surface area contributed by atoms with Gasteiger partial charge in [0.2, 0.25) is 0 Å². The molecule has 1 aromatic rings. The number of rotatable bonds is 4. The first-order valence-corrected chi connectivity index (χ1v) is 7.58. The fraction of sp³-hybridized carbons (Fsp3) is 0.350. The quantitative estimate of drug-likeness (QED) is 0.495. The van der Waals surface area contributed by atoms with Gasteiger partial charge in [0, 0.05) is 12.0 Å². The summed E-state index contributed by atoms with van der Waals surface area (Å²) in [6, 6.07) is 12.9. The van der Waals surface area contributed by atoms with E-state index in [1.165, 1.54) is 18.4 Å². The topological polar surface area (TPSA) is 23.8 Å². The molecule has 0 radical (unpaired) electrons. The van der Waals surface area contributed by atoms with E-state index >= 15 is 0 Å². The zero-order valence-corrected chi connectivity index (χ0v) is 13.3. The van der Waals surface area contributed by atoms with Crippen molar-refractivity contribution in [2.75, 3.05) is 0 Å². The van der Waals surface area contributed by atoms with Crippen LogP contribution in [0.15, 0.2) is 65.8 Å². The largest absolute Gasteiger partial charge is 0.193 e. The minimum atomic E-state index is 0.739. The molecule has 2 rings (SSSR count). The molecule has 0 saturated heterocycles. The van der Waals surface area contributed by atoms with Crippen LogP contribution >= 0.6 is 0 Å². The van der Waals surface area contributed by atoms with Crippen molar-refractivity contribution in [2.24, 2.45) is 0 Å². The van der Waals surface area contributed by atoms with Crippen LogP contribution in [0, 0.1) is 11.3 Å². The van der Waals surface area contributed by atoms with E-state index in [9.17, 15) is 0 Å². The van der Waals surface area contributed by atoms with E-state index in [0.717, 1.165) is 23.5 Å². The van der Waals surface area contributed by atoms with Crippen LogP contribution in [0.5, 0.6) is 0 Å². The van der Waals surface area contributed by atoms with Gasteiger partial charge < -0.3 is 0 Å². The predicted molar refractivity (Wildman–Crippen MR) is 91.0 cm³/mol. The van der Waals surface area contributed by atoms with E-state index in [-0.39, 0.29) is 0 Å². The summed E-state index contributed by atoms with van der Waals surface area (Å²) < 4.78 is 0. The molecule has 110 valence electrons. The first kappa shape index (κ1) is 17.0. The SMILES string of the molecule is C/C=C/C=C/CC(C#N)=C(C)C.c1ccc(C2CC2)cc1. The monoisotopic (exact) mass is 279 g/mol. The molecule has 0 aliphatic heterocycles. The van der Waals surface area contributed by atoms with Gasteiger partial charge in [-0.1, -0.05) is 60.2 Å². The van der Waals surface area contributed by atoms with Gasteiger partial charge in [0.1, 0.15) is 0 Å². The van der Waals surface area contributed by atoms with Gasteiger partial charge in [-0.3, -0.25) is 0 Å². The number of benzene rings is 1. The molecule has 0 atom stereocenters. The maximum absolute atomic E-state index is 8.69. The highest BCUT2D eigenvalue weighted by Crippen LogP contribution is 2.39. The molecular weight excluding hydrogens is 254 g/mol. The molecule has 1 heteroatoms. The molecule has 1 aliphatic rings. The number of hydrogen-bond donors (Lipinski definition) is 0. The Balaban J connectivity index is 0.000000216. The lowest BCUT2D eigenvalue weighted by Gasteiger charge is -1.93. The minimum absolute atomic E-state index is 0.739. The van der Waals surface area contributed by atoms with Gasteiger partial charge in [-0.25, -0.2) is 0 Å². The average molecular weight is 279 g/mol. The first-order valence-electron chi connectivity index (χ1n) is 7.58. The fourth-order valence-electron chi connectivity index (χ4n) is 1.88. The van der Waals surface area contributed by atoms with Crippen molar-refractivity contribution in [1.29, 1.82) is 5.26 Å². The Morgan fingerprint density at radius 2 is 1.86 bits per heavy atom. The molecule has 21 heavy (non-hydrogen) atoms. The standard InChI is InChI=1S/C11H15N.C9H10/c1-4-5-6-7-8-11(9-12)10(2)3;1-2-4-8(5-3-1)9-6-7-9/h4-7H,8H2,1-3H3;1-5,9H,6-7H2/b5-4+,7-6+;. The van der Waals surface area contributed by atoms with Crippen LogP contribution in [0.4, 0.5) is 0 Å². The number of nitriles is 1. The first-order chi connectivity index (χ1) is 10.2. The normalized spacial score (nSPS) is 13.6. The molecule has 1 nitrogen and oxygen atoms in total. The van der Waals surface area contributed by atoms with Crippen LogP contribution in [-0.2, 0) is 0 Å². The van der Waals surface area contributed by atoms with Crippen molar-refractivity contribution in [2.45, 2.75) is 46.0 Å². The molecule has 0 N–H and O–H groups in total. The van der Waals surface area contributed by atoms with E-state index in [4.69, 9.17) is 5.26 Å². The Labute approximate surface area is 129 Å². The molecule has 1 aliphatic carbocycles. The van der Waals surface area contributed by atoms with E-state index in [0.29, 0.717) is 0 Å². The Hall–Kier alpha value is -2.07. The van der Waals surface area contributed by atoms with Crippen LogP contribution < -0.4 is 0 Å². The van der Waals surface area contributed by atoms with Crippen LogP contribution in [0.2, 0.25) is 0 Å². The molecule has 0 bridgehead atoms.